The zero-order chi connectivity index (χ0) is 43.7. The van der Waals surface area contributed by atoms with Gasteiger partial charge < -0.3 is 14.2 Å². The molecule has 0 amide bonds. The van der Waals surface area contributed by atoms with Gasteiger partial charge in [-0.15, -0.1) is 0 Å². The molecule has 0 fully saturated rings. The van der Waals surface area contributed by atoms with Crippen LogP contribution in [-0.4, -0.2) is 37.2 Å². The molecule has 0 radical (unpaired) electrons. The lowest BCUT2D eigenvalue weighted by Gasteiger charge is -2.18. The molecule has 6 heteroatoms. The molecule has 0 aliphatic rings. The van der Waals surface area contributed by atoms with Crippen molar-refractivity contribution in [3.05, 3.63) is 109 Å². The molecule has 60 heavy (non-hydrogen) atoms. The van der Waals surface area contributed by atoms with Crippen molar-refractivity contribution in [1.82, 2.24) is 0 Å². The summed E-state index contributed by atoms with van der Waals surface area (Å²) in [5, 5.41) is 0. The molecule has 338 valence electrons. The normalized spacial score (nSPS) is 13.1. The fourth-order valence-corrected chi connectivity index (χ4v) is 6.11. The number of carbonyl (C=O) groups excluding carboxylic acids is 3. The Kier molecular flexibility index (Phi) is 44.6. The highest BCUT2D eigenvalue weighted by molar-refractivity contribution is 5.71. The Labute approximate surface area is 368 Å². The van der Waals surface area contributed by atoms with Crippen LogP contribution in [0.25, 0.3) is 0 Å². The molecule has 0 saturated heterocycles. The minimum atomic E-state index is -0.827. The van der Waals surface area contributed by atoms with Gasteiger partial charge in [-0.2, -0.15) is 0 Å². The molecule has 0 aromatic carbocycles. The second-order valence-electron chi connectivity index (χ2n) is 15.4. The summed E-state index contributed by atoms with van der Waals surface area (Å²) >= 11 is 0. The summed E-state index contributed by atoms with van der Waals surface area (Å²) in [5.74, 6) is -1.03. The summed E-state index contributed by atoms with van der Waals surface area (Å²) in [6.45, 7) is 6.25. The SMILES string of the molecule is CC/C=C/C=C/C=C/C=C/C=C/CCCC(=O)OC(COC(=O)CCCCCCC/C=C/C=C/C=C/CC)COC(=O)CCCCCCC/C=C/CCCCCCCCC. The highest BCUT2D eigenvalue weighted by atomic mass is 16.6. The lowest BCUT2D eigenvalue weighted by atomic mass is 10.1. The first kappa shape index (κ1) is 56.1. The van der Waals surface area contributed by atoms with Gasteiger partial charge in [0.25, 0.3) is 0 Å². The van der Waals surface area contributed by atoms with Gasteiger partial charge in [0.2, 0.25) is 0 Å². The highest BCUT2D eigenvalue weighted by Gasteiger charge is 2.19. The first-order chi connectivity index (χ1) is 29.5. The minimum Gasteiger partial charge on any atom is -0.462 e. The van der Waals surface area contributed by atoms with Crippen LogP contribution in [-0.2, 0) is 28.6 Å². The van der Waals surface area contributed by atoms with Gasteiger partial charge in [0.1, 0.15) is 13.2 Å². The number of hydrogen-bond acceptors (Lipinski definition) is 6. The van der Waals surface area contributed by atoms with Crippen LogP contribution in [0.1, 0.15) is 194 Å². The quantitative estimate of drug-likeness (QED) is 0.0201. The Morgan fingerprint density at radius 1 is 0.350 bits per heavy atom. The highest BCUT2D eigenvalue weighted by Crippen LogP contribution is 2.13. The lowest BCUT2D eigenvalue weighted by molar-refractivity contribution is -0.167. The van der Waals surface area contributed by atoms with E-state index in [-0.39, 0.29) is 31.6 Å². The summed E-state index contributed by atoms with van der Waals surface area (Å²) in [5.41, 5.74) is 0. The van der Waals surface area contributed by atoms with Crippen molar-refractivity contribution in [2.45, 2.75) is 200 Å². The Morgan fingerprint density at radius 2 is 0.683 bits per heavy atom. The number of ether oxygens (including phenoxy) is 3. The molecule has 0 saturated carbocycles. The fraction of sp³-hybridized carbons (Fsp3) is 0.611. The van der Waals surface area contributed by atoms with Gasteiger partial charge in [-0.1, -0.05) is 207 Å². The zero-order valence-electron chi connectivity index (χ0n) is 38.4. The van der Waals surface area contributed by atoms with Gasteiger partial charge in [-0.3, -0.25) is 14.4 Å². The first-order valence-electron chi connectivity index (χ1n) is 24.0. The van der Waals surface area contributed by atoms with Crippen molar-refractivity contribution >= 4 is 17.9 Å². The van der Waals surface area contributed by atoms with E-state index in [9.17, 15) is 14.4 Å². The molecule has 1 atom stereocenters. The van der Waals surface area contributed by atoms with Gasteiger partial charge in [0.05, 0.1) is 0 Å². The molecule has 0 heterocycles. The third-order valence-electron chi connectivity index (χ3n) is 9.68. The molecule has 0 N–H and O–H groups in total. The second-order valence-corrected chi connectivity index (χ2v) is 15.4. The number of esters is 3. The third-order valence-corrected chi connectivity index (χ3v) is 9.68. The van der Waals surface area contributed by atoms with Crippen molar-refractivity contribution in [2.75, 3.05) is 13.2 Å². The summed E-state index contributed by atoms with van der Waals surface area (Å²) in [6.07, 6.45) is 63.7. The van der Waals surface area contributed by atoms with E-state index in [2.05, 4.69) is 69.4 Å². The van der Waals surface area contributed by atoms with Crippen molar-refractivity contribution in [1.29, 1.82) is 0 Å². The van der Waals surface area contributed by atoms with E-state index in [4.69, 9.17) is 14.2 Å². The maximum Gasteiger partial charge on any atom is 0.306 e. The van der Waals surface area contributed by atoms with Crippen LogP contribution in [0.2, 0.25) is 0 Å². The molecular weight excluding hydrogens is 745 g/mol. The van der Waals surface area contributed by atoms with Crippen LogP contribution in [0.15, 0.2) is 109 Å². The standard InChI is InChI=1S/C54H86O6/c1-4-7-10-13-16-19-22-25-26-27-30-32-35-38-41-44-47-53(56)59-50-51(60-54(57)48-45-42-39-36-33-29-24-21-18-15-12-9-6-3)49-58-52(55)46-43-40-37-34-31-28-23-20-17-14-11-8-5-2/h8-9,11-12,14-15,17-18,20-21,23-24,26-27,29,33,36,39,51H,4-7,10,13,16,19,22,25,28,30-32,34-35,37-38,40-50H2,1-3H3/b11-8+,12-9+,17-14+,18-15+,23-20+,24-21+,27-26+,33-29+,39-36+. The maximum absolute atomic E-state index is 12.7. The number of unbranched alkanes of at least 4 members (excludes halogenated alkanes) is 18. The van der Waals surface area contributed by atoms with Crippen LogP contribution in [0.3, 0.4) is 0 Å². The zero-order valence-corrected chi connectivity index (χ0v) is 38.4. The lowest BCUT2D eigenvalue weighted by Crippen LogP contribution is -2.30. The summed E-state index contributed by atoms with van der Waals surface area (Å²) in [4.78, 5) is 37.8. The molecule has 0 bridgehead atoms. The van der Waals surface area contributed by atoms with E-state index in [0.717, 1.165) is 89.9 Å². The largest absolute Gasteiger partial charge is 0.462 e. The Bertz CT molecular complexity index is 1280. The predicted molar refractivity (Wildman–Crippen MR) is 256 cm³/mol. The number of allylic oxidation sites excluding steroid dienone is 18. The van der Waals surface area contributed by atoms with E-state index in [1.165, 1.54) is 57.8 Å². The van der Waals surface area contributed by atoms with Gasteiger partial charge >= 0.3 is 17.9 Å². The molecule has 0 spiro atoms. The average Bonchev–Trinajstić information content (AvgIpc) is 3.24. The molecule has 0 aliphatic heterocycles. The monoisotopic (exact) mass is 831 g/mol. The maximum atomic E-state index is 12.7. The van der Waals surface area contributed by atoms with E-state index in [0.29, 0.717) is 19.3 Å². The number of carbonyl (C=O) groups is 3. The van der Waals surface area contributed by atoms with E-state index < -0.39 is 12.1 Å². The van der Waals surface area contributed by atoms with Gasteiger partial charge in [-0.05, 0) is 77.0 Å². The smallest absolute Gasteiger partial charge is 0.306 e. The first-order valence-corrected chi connectivity index (χ1v) is 24.0. The van der Waals surface area contributed by atoms with Crippen LogP contribution in [0.4, 0.5) is 0 Å². The molecule has 1 unspecified atom stereocenters. The van der Waals surface area contributed by atoms with Gasteiger partial charge in [0.15, 0.2) is 6.10 Å². The van der Waals surface area contributed by atoms with Crippen LogP contribution in [0, 0.1) is 0 Å². The molecule has 0 aromatic rings. The Balaban J connectivity index is 4.53. The molecule has 0 aromatic heterocycles. The Morgan fingerprint density at radius 3 is 1.12 bits per heavy atom. The summed E-state index contributed by atoms with van der Waals surface area (Å²) in [6, 6.07) is 0. The van der Waals surface area contributed by atoms with Gasteiger partial charge in [0, 0.05) is 19.3 Å². The minimum absolute atomic E-state index is 0.120. The van der Waals surface area contributed by atoms with Crippen LogP contribution in [0.5, 0.6) is 0 Å². The third kappa shape index (κ3) is 45.2. The van der Waals surface area contributed by atoms with E-state index in [1.54, 1.807) is 0 Å². The number of hydrogen-bond donors (Lipinski definition) is 0. The molecular formula is C54H86O6. The topological polar surface area (TPSA) is 78.9 Å². The summed E-state index contributed by atoms with van der Waals surface area (Å²) in [7, 11) is 0. The van der Waals surface area contributed by atoms with Crippen LogP contribution >= 0.6 is 0 Å². The molecule has 0 rings (SSSR count). The molecule has 6 nitrogen and oxygen atoms in total. The fourth-order valence-electron chi connectivity index (χ4n) is 6.11. The van der Waals surface area contributed by atoms with E-state index >= 15 is 0 Å². The molecule has 0 aliphatic carbocycles. The van der Waals surface area contributed by atoms with Crippen molar-refractivity contribution in [3.8, 4) is 0 Å². The number of rotatable bonds is 41. The van der Waals surface area contributed by atoms with Crippen molar-refractivity contribution in [2.24, 2.45) is 0 Å². The predicted octanol–water partition coefficient (Wildman–Crippen LogP) is 15.6. The van der Waals surface area contributed by atoms with Crippen LogP contribution < -0.4 is 0 Å². The Hall–Kier alpha value is -3.93. The van der Waals surface area contributed by atoms with Gasteiger partial charge in [-0.25, -0.2) is 0 Å². The van der Waals surface area contributed by atoms with Crippen molar-refractivity contribution in [3.63, 3.8) is 0 Å². The second kappa shape index (κ2) is 47.7. The van der Waals surface area contributed by atoms with Crippen molar-refractivity contribution < 1.29 is 28.6 Å². The van der Waals surface area contributed by atoms with E-state index in [1.807, 2.05) is 60.8 Å². The summed E-state index contributed by atoms with van der Waals surface area (Å²) < 4.78 is 16.6. The average molecular weight is 831 g/mol.